The van der Waals surface area contributed by atoms with Crippen molar-refractivity contribution in [3.05, 3.63) is 193 Å². The van der Waals surface area contributed by atoms with E-state index >= 15 is 0 Å². The Morgan fingerprint density at radius 2 is 1.09 bits per heavy atom. The van der Waals surface area contributed by atoms with E-state index in [2.05, 4.69) is 167 Å². The van der Waals surface area contributed by atoms with E-state index in [0.29, 0.717) is 0 Å². The SMILES string of the molecule is c1ccc2c(c1)CCc1c-2n(-c2ccccc2-c2ccc(N(c3ccc4oc5ccccc5c4c3)c3cccc4c3oc3ccccc34)cc2)c2ccccc12. The van der Waals surface area contributed by atoms with Gasteiger partial charge in [0.2, 0.25) is 0 Å². The number of hydrogen-bond donors (Lipinski definition) is 0. The summed E-state index contributed by atoms with van der Waals surface area (Å²) in [6, 6.07) is 65.1. The largest absolute Gasteiger partial charge is 0.456 e. The van der Waals surface area contributed by atoms with Crippen LogP contribution in [0.15, 0.2) is 191 Å². The van der Waals surface area contributed by atoms with Crippen LogP contribution in [0.2, 0.25) is 0 Å². The van der Waals surface area contributed by atoms with Gasteiger partial charge in [0, 0.05) is 49.4 Å². The van der Waals surface area contributed by atoms with Gasteiger partial charge in [-0.25, -0.2) is 0 Å². The summed E-state index contributed by atoms with van der Waals surface area (Å²) < 4.78 is 15.4. The molecule has 0 atom stereocenters. The first-order valence-corrected chi connectivity index (χ1v) is 19.3. The van der Waals surface area contributed by atoms with Crippen LogP contribution in [-0.2, 0) is 12.8 Å². The number of para-hydroxylation sites is 5. The minimum absolute atomic E-state index is 0.852. The molecule has 56 heavy (non-hydrogen) atoms. The molecule has 1 aliphatic carbocycles. The molecule has 1 aliphatic rings. The molecule has 0 N–H and O–H groups in total. The molecule has 264 valence electrons. The van der Waals surface area contributed by atoms with Gasteiger partial charge in [-0.15, -0.1) is 0 Å². The Bertz CT molecular complexity index is 3320. The van der Waals surface area contributed by atoms with Gasteiger partial charge in [-0.3, -0.25) is 0 Å². The number of rotatable bonds is 5. The predicted molar refractivity (Wildman–Crippen MR) is 231 cm³/mol. The minimum atomic E-state index is 0.852. The second kappa shape index (κ2) is 12.1. The van der Waals surface area contributed by atoms with Crippen LogP contribution in [-0.4, -0.2) is 4.57 Å². The quantitative estimate of drug-likeness (QED) is 0.178. The second-order valence-electron chi connectivity index (χ2n) is 14.8. The van der Waals surface area contributed by atoms with Crippen molar-refractivity contribution >= 4 is 71.8 Å². The number of furan rings is 2. The number of aromatic nitrogens is 1. The van der Waals surface area contributed by atoms with E-state index in [1.807, 2.05) is 24.3 Å². The van der Waals surface area contributed by atoms with E-state index < -0.39 is 0 Å². The van der Waals surface area contributed by atoms with Crippen molar-refractivity contribution in [3.63, 3.8) is 0 Å². The van der Waals surface area contributed by atoms with Crippen molar-refractivity contribution in [1.29, 1.82) is 0 Å². The Morgan fingerprint density at radius 3 is 1.95 bits per heavy atom. The molecule has 0 aliphatic heterocycles. The van der Waals surface area contributed by atoms with Crippen LogP contribution < -0.4 is 4.90 Å². The third kappa shape index (κ3) is 4.59. The number of hydrogen-bond acceptors (Lipinski definition) is 3. The highest BCUT2D eigenvalue weighted by molar-refractivity contribution is 6.11. The topological polar surface area (TPSA) is 34.5 Å². The van der Waals surface area contributed by atoms with E-state index in [4.69, 9.17) is 8.83 Å². The highest BCUT2D eigenvalue weighted by Crippen LogP contribution is 2.46. The molecule has 3 aromatic heterocycles. The monoisotopic (exact) mass is 718 g/mol. The van der Waals surface area contributed by atoms with Crippen LogP contribution >= 0.6 is 0 Å². The van der Waals surface area contributed by atoms with Crippen molar-refractivity contribution in [1.82, 2.24) is 4.57 Å². The van der Waals surface area contributed by atoms with Crippen molar-refractivity contribution < 1.29 is 8.83 Å². The summed E-state index contributed by atoms with van der Waals surface area (Å²) in [5.41, 5.74) is 16.7. The van der Waals surface area contributed by atoms with E-state index in [1.54, 1.807) is 0 Å². The molecule has 11 aromatic rings. The van der Waals surface area contributed by atoms with Crippen LogP contribution in [0, 0.1) is 0 Å². The Kier molecular flexibility index (Phi) is 6.72. The van der Waals surface area contributed by atoms with Gasteiger partial charge in [-0.1, -0.05) is 121 Å². The fourth-order valence-corrected chi connectivity index (χ4v) is 9.21. The summed E-state index contributed by atoms with van der Waals surface area (Å²) in [5, 5.41) is 5.71. The molecule has 4 nitrogen and oxygen atoms in total. The van der Waals surface area contributed by atoms with Gasteiger partial charge >= 0.3 is 0 Å². The zero-order valence-electron chi connectivity index (χ0n) is 30.4. The minimum Gasteiger partial charge on any atom is -0.456 e. The molecule has 0 spiro atoms. The van der Waals surface area contributed by atoms with Crippen molar-refractivity contribution in [2.75, 3.05) is 4.90 Å². The van der Waals surface area contributed by atoms with Gasteiger partial charge in [-0.2, -0.15) is 0 Å². The van der Waals surface area contributed by atoms with Crippen molar-refractivity contribution in [2.45, 2.75) is 12.8 Å². The van der Waals surface area contributed by atoms with E-state index in [1.165, 1.54) is 44.5 Å². The summed E-state index contributed by atoms with van der Waals surface area (Å²) >= 11 is 0. The molecule has 0 unspecified atom stereocenters. The average Bonchev–Trinajstić information content (AvgIpc) is 3.94. The van der Waals surface area contributed by atoms with Crippen molar-refractivity contribution in [3.8, 4) is 28.1 Å². The number of anilines is 3. The lowest BCUT2D eigenvalue weighted by molar-refractivity contribution is 0.669. The first-order chi connectivity index (χ1) is 27.8. The smallest absolute Gasteiger partial charge is 0.159 e. The fraction of sp³-hybridized carbons (Fsp3) is 0.0385. The molecule has 12 rings (SSSR count). The third-order valence-electron chi connectivity index (χ3n) is 11.7. The highest BCUT2D eigenvalue weighted by Gasteiger charge is 2.26. The molecule has 0 fully saturated rings. The van der Waals surface area contributed by atoms with Crippen LogP contribution in [0.4, 0.5) is 17.1 Å². The summed E-state index contributed by atoms with van der Waals surface area (Å²) in [7, 11) is 0. The highest BCUT2D eigenvalue weighted by atomic mass is 16.3. The molecule has 8 aromatic carbocycles. The normalized spacial score (nSPS) is 12.5. The number of fused-ring (bicyclic) bond motifs is 11. The summed E-state index contributed by atoms with van der Waals surface area (Å²) in [4.78, 5) is 2.31. The van der Waals surface area contributed by atoms with Gasteiger partial charge < -0.3 is 18.3 Å². The first-order valence-electron chi connectivity index (χ1n) is 19.3. The Balaban J connectivity index is 1.04. The van der Waals surface area contributed by atoms with Gasteiger partial charge in [0.1, 0.15) is 16.7 Å². The van der Waals surface area contributed by atoms with Crippen LogP contribution in [0.1, 0.15) is 11.1 Å². The molecule has 0 radical (unpaired) electrons. The van der Waals surface area contributed by atoms with Crippen LogP contribution in [0.3, 0.4) is 0 Å². The van der Waals surface area contributed by atoms with Gasteiger partial charge in [0.15, 0.2) is 5.58 Å². The summed E-state index contributed by atoms with van der Waals surface area (Å²) in [5.74, 6) is 0. The zero-order chi connectivity index (χ0) is 36.7. The molecule has 0 saturated heterocycles. The van der Waals surface area contributed by atoms with Crippen molar-refractivity contribution in [2.24, 2.45) is 0 Å². The Morgan fingerprint density at radius 1 is 0.446 bits per heavy atom. The lowest BCUT2D eigenvalue weighted by Gasteiger charge is -2.26. The summed E-state index contributed by atoms with van der Waals surface area (Å²) in [6.45, 7) is 0. The molecular formula is C52H34N2O2. The molecule has 0 bridgehead atoms. The van der Waals surface area contributed by atoms with E-state index in [0.717, 1.165) is 79.3 Å². The lowest BCUT2D eigenvalue weighted by Crippen LogP contribution is -2.10. The molecule has 0 amide bonds. The first kappa shape index (κ1) is 31.1. The second-order valence-corrected chi connectivity index (χ2v) is 14.8. The standard InChI is InChI=1S/C52H34N2O2/c1-2-14-38-33(12-1)26-30-42-39-15-4-8-20-46(39)54(51(38)42)45-19-7-3-13-37(45)34-24-27-35(28-25-34)53(36-29-31-50-44(32-36)41-17-6-9-22-48(41)55-50)47-21-11-18-43-40-16-5-10-23-49(40)56-52(43)47/h1-25,27-29,31-32H,26,30H2. The lowest BCUT2D eigenvalue weighted by atomic mass is 9.89. The van der Waals surface area contributed by atoms with Gasteiger partial charge in [0.25, 0.3) is 0 Å². The fourth-order valence-electron chi connectivity index (χ4n) is 9.21. The molecular weight excluding hydrogens is 685 g/mol. The molecule has 4 heteroatoms. The number of benzene rings is 8. The Hall–Kier alpha value is -7.30. The third-order valence-corrected chi connectivity index (χ3v) is 11.7. The van der Waals surface area contributed by atoms with Crippen LogP contribution in [0.25, 0.3) is 82.9 Å². The van der Waals surface area contributed by atoms with Crippen LogP contribution in [0.5, 0.6) is 0 Å². The van der Waals surface area contributed by atoms with Gasteiger partial charge in [0.05, 0.1) is 22.6 Å². The van der Waals surface area contributed by atoms with E-state index in [-0.39, 0.29) is 0 Å². The molecule has 0 saturated carbocycles. The summed E-state index contributed by atoms with van der Waals surface area (Å²) in [6.07, 6.45) is 2.09. The van der Waals surface area contributed by atoms with E-state index in [9.17, 15) is 0 Å². The predicted octanol–water partition coefficient (Wildman–Crippen LogP) is 14.3. The maximum absolute atomic E-state index is 6.64. The molecule has 3 heterocycles. The maximum Gasteiger partial charge on any atom is 0.159 e. The zero-order valence-corrected chi connectivity index (χ0v) is 30.4. The number of aryl methyl sites for hydroxylation is 2. The maximum atomic E-state index is 6.64. The average molecular weight is 719 g/mol. The van der Waals surface area contributed by atoms with Gasteiger partial charge in [-0.05, 0) is 90.2 Å². The number of nitrogens with zero attached hydrogens (tertiary/aromatic N) is 2. The Labute approximate surface area is 323 Å².